The molecule has 0 aliphatic heterocycles. The van der Waals surface area contributed by atoms with Gasteiger partial charge in [0.25, 0.3) is 0 Å². The number of rotatable bonds is 5. The lowest BCUT2D eigenvalue weighted by atomic mass is 10.2. The van der Waals surface area contributed by atoms with Gasteiger partial charge in [-0.3, -0.25) is 9.89 Å². The molecule has 0 saturated carbocycles. The van der Waals surface area contributed by atoms with Gasteiger partial charge in [-0.1, -0.05) is 6.07 Å². The maximum atomic E-state index is 10.7. The van der Waals surface area contributed by atoms with Crippen LogP contribution in [0.1, 0.15) is 9.75 Å². The number of benzene rings is 1. The van der Waals surface area contributed by atoms with Crippen molar-refractivity contribution in [1.82, 2.24) is 10.2 Å². The van der Waals surface area contributed by atoms with E-state index in [0.29, 0.717) is 6.54 Å². The Kier molecular flexibility index (Phi) is 3.39. The van der Waals surface area contributed by atoms with Gasteiger partial charge in [0.2, 0.25) is 0 Å². The van der Waals surface area contributed by atoms with Gasteiger partial charge in [0.1, 0.15) is 0 Å². The van der Waals surface area contributed by atoms with Crippen LogP contribution >= 0.6 is 11.3 Å². The van der Waals surface area contributed by atoms with E-state index >= 15 is 0 Å². The molecule has 3 rings (SSSR count). The topological polar surface area (TPSA) is 78.0 Å². The Labute approximate surface area is 119 Å². The molecule has 1 aromatic carbocycles. The van der Waals surface area contributed by atoms with E-state index in [9.17, 15) is 4.79 Å². The van der Waals surface area contributed by atoms with E-state index in [2.05, 4.69) is 15.5 Å². The molecule has 3 aromatic rings. The highest BCUT2D eigenvalue weighted by molar-refractivity contribution is 7.12. The van der Waals surface area contributed by atoms with Gasteiger partial charge in [-0.25, -0.2) is 0 Å². The Balaban J connectivity index is 1.71. The number of thiophene rings is 1. The lowest BCUT2D eigenvalue weighted by Crippen LogP contribution is -1.98. The first-order chi connectivity index (χ1) is 9.72. The largest absolute Gasteiger partial charge is 0.481 e. The van der Waals surface area contributed by atoms with Crippen LogP contribution in [0.25, 0.3) is 10.9 Å². The molecular formula is C14H13N3O2S. The van der Waals surface area contributed by atoms with Crippen molar-refractivity contribution in [2.45, 2.75) is 13.0 Å². The number of fused-ring (bicyclic) bond motifs is 1. The fourth-order valence-electron chi connectivity index (χ4n) is 2.07. The zero-order valence-corrected chi connectivity index (χ0v) is 11.4. The predicted molar refractivity (Wildman–Crippen MR) is 79.1 cm³/mol. The van der Waals surface area contributed by atoms with Crippen LogP contribution < -0.4 is 5.32 Å². The van der Waals surface area contributed by atoms with E-state index in [4.69, 9.17) is 5.11 Å². The molecule has 0 spiro atoms. The van der Waals surface area contributed by atoms with Gasteiger partial charge < -0.3 is 10.4 Å². The van der Waals surface area contributed by atoms with Crippen LogP contribution in [0.5, 0.6) is 0 Å². The van der Waals surface area contributed by atoms with Crippen molar-refractivity contribution in [3.63, 3.8) is 0 Å². The van der Waals surface area contributed by atoms with Crippen molar-refractivity contribution in [1.29, 1.82) is 0 Å². The van der Waals surface area contributed by atoms with Crippen LogP contribution in [0.3, 0.4) is 0 Å². The quantitative estimate of drug-likeness (QED) is 0.674. The smallest absolute Gasteiger partial charge is 0.308 e. The van der Waals surface area contributed by atoms with Crippen molar-refractivity contribution in [3.05, 3.63) is 46.3 Å². The minimum absolute atomic E-state index is 0.0853. The van der Waals surface area contributed by atoms with Crippen molar-refractivity contribution in [2.75, 3.05) is 5.32 Å². The third kappa shape index (κ3) is 2.65. The highest BCUT2D eigenvalue weighted by Gasteiger charge is 2.06. The predicted octanol–water partition coefficient (Wildman–Crippen LogP) is 2.86. The third-order valence-electron chi connectivity index (χ3n) is 2.98. The third-order valence-corrected chi connectivity index (χ3v) is 4.07. The Morgan fingerprint density at radius 3 is 3.00 bits per heavy atom. The van der Waals surface area contributed by atoms with Gasteiger partial charge in [0, 0.05) is 27.4 Å². The fraction of sp³-hybridized carbons (Fsp3) is 0.143. The van der Waals surface area contributed by atoms with E-state index in [0.717, 1.165) is 26.3 Å². The first kappa shape index (κ1) is 12.7. The Morgan fingerprint density at radius 1 is 1.30 bits per heavy atom. The second kappa shape index (κ2) is 5.34. The first-order valence-corrected chi connectivity index (χ1v) is 6.99. The Hall–Kier alpha value is -2.34. The van der Waals surface area contributed by atoms with Crippen LogP contribution in [0.2, 0.25) is 0 Å². The van der Waals surface area contributed by atoms with E-state index < -0.39 is 5.97 Å². The number of H-pyrrole nitrogens is 1. The summed E-state index contributed by atoms with van der Waals surface area (Å²) in [5, 5.41) is 20.1. The molecule has 0 amide bonds. The first-order valence-electron chi connectivity index (χ1n) is 6.18. The average molecular weight is 287 g/mol. The number of carboxylic acid groups (broad SMARTS) is 1. The number of aliphatic carboxylic acids is 1. The van der Waals surface area contributed by atoms with Gasteiger partial charge in [-0.15, -0.1) is 11.3 Å². The van der Waals surface area contributed by atoms with E-state index in [1.165, 1.54) is 11.3 Å². The zero-order chi connectivity index (χ0) is 13.9. The summed E-state index contributed by atoms with van der Waals surface area (Å²) in [5.41, 5.74) is 2.01. The summed E-state index contributed by atoms with van der Waals surface area (Å²) in [5.74, 6) is -0.797. The molecule has 102 valence electrons. The summed E-state index contributed by atoms with van der Waals surface area (Å²) >= 11 is 1.52. The highest BCUT2D eigenvalue weighted by Crippen LogP contribution is 2.23. The van der Waals surface area contributed by atoms with Crippen LogP contribution in [0.4, 0.5) is 5.69 Å². The summed E-state index contributed by atoms with van der Waals surface area (Å²) in [6, 6.07) is 9.78. The molecule has 0 radical (unpaired) electrons. The van der Waals surface area contributed by atoms with E-state index in [1.54, 1.807) is 6.20 Å². The van der Waals surface area contributed by atoms with Gasteiger partial charge in [0.15, 0.2) is 0 Å². The number of aromatic amines is 1. The number of hydrogen-bond donors (Lipinski definition) is 3. The van der Waals surface area contributed by atoms with Crippen LogP contribution in [0, 0.1) is 0 Å². The summed E-state index contributed by atoms with van der Waals surface area (Å²) in [6.07, 6.45) is 1.88. The molecule has 2 heterocycles. The molecule has 0 unspecified atom stereocenters. The molecule has 0 fully saturated rings. The second-order valence-corrected chi connectivity index (χ2v) is 5.68. The molecule has 0 aliphatic carbocycles. The standard InChI is InChI=1S/C14H13N3O2S/c18-14(19)6-9-4-5-10(20-9)7-15-12-2-1-3-13-11(12)8-16-17-13/h1-5,8,15H,6-7H2,(H,16,17)(H,18,19). The number of hydrogen-bond acceptors (Lipinski definition) is 4. The molecule has 20 heavy (non-hydrogen) atoms. The van der Waals surface area contributed by atoms with Gasteiger partial charge in [-0.05, 0) is 24.3 Å². The molecule has 2 aromatic heterocycles. The van der Waals surface area contributed by atoms with Crippen molar-refractivity contribution >= 4 is 33.9 Å². The minimum atomic E-state index is -0.797. The Bertz CT molecular complexity index is 748. The molecule has 0 atom stereocenters. The van der Waals surface area contributed by atoms with Gasteiger partial charge in [0.05, 0.1) is 18.1 Å². The molecule has 3 N–H and O–H groups in total. The number of carbonyl (C=O) groups is 1. The summed E-state index contributed by atoms with van der Waals surface area (Å²) in [6.45, 7) is 0.675. The lowest BCUT2D eigenvalue weighted by molar-refractivity contribution is -0.136. The lowest BCUT2D eigenvalue weighted by Gasteiger charge is -2.05. The molecule has 5 nitrogen and oxygen atoms in total. The number of nitrogens with one attached hydrogen (secondary N) is 2. The van der Waals surface area contributed by atoms with Crippen molar-refractivity contribution < 1.29 is 9.90 Å². The van der Waals surface area contributed by atoms with Crippen molar-refractivity contribution in [2.24, 2.45) is 0 Å². The molecule has 0 saturated heterocycles. The van der Waals surface area contributed by atoms with Gasteiger partial charge >= 0.3 is 5.97 Å². The number of nitrogens with zero attached hydrogens (tertiary/aromatic N) is 1. The molecule has 6 heteroatoms. The maximum absolute atomic E-state index is 10.7. The van der Waals surface area contributed by atoms with E-state index in [1.807, 2.05) is 30.3 Å². The summed E-state index contributed by atoms with van der Waals surface area (Å²) in [7, 11) is 0. The maximum Gasteiger partial charge on any atom is 0.308 e. The van der Waals surface area contributed by atoms with E-state index in [-0.39, 0.29) is 6.42 Å². The highest BCUT2D eigenvalue weighted by atomic mass is 32.1. The number of aromatic nitrogens is 2. The monoisotopic (exact) mass is 287 g/mol. The van der Waals surface area contributed by atoms with Gasteiger partial charge in [-0.2, -0.15) is 5.10 Å². The van der Waals surface area contributed by atoms with Crippen molar-refractivity contribution in [3.8, 4) is 0 Å². The minimum Gasteiger partial charge on any atom is -0.481 e. The fourth-order valence-corrected chi connectivity index (χ4v) is 3.01. The number of anilines is 1. The normalized spacial score (nSPS) is 10.8. The molecule has 0 bridgehead atoms. The van der Waals surface area contributed by atoms with Crippen LogP contribution in [-0.2, 0) is 17.8 Å². The summed E-state index contributed by atoms with van der Waals surface area (Å²) < 4.78 is 0. The molecule has 0 aliphatic rings. The van der Waals surface area contributed by atoms with Crippen LogP contribution in [0.15, 0.2) is 36.5 Å². The average Bonchev–Trinajstić information content (AvgIpc) is 3.04. The SMILES string of the molecule is O=C(O)Cc1ccc(CNc2cccc3[nH]ncc23)s1. The van der Waals surface area contributed by atoms with Crippen LogP contribution in [-0.4, -0.2) is 21.3 Å². The second-order valence-electron chi connectivity index (χ2n) is 4.43. The summed E-state index contributed by atoms with van der Waals surface area (Å²) in [4.78, 5) is 12.6. The number of carboxylic acids is 1. The Morgan fingerprint density at radius 2 is 2.15 bits per heavy atom. The molecular weight excluding hydrogens is 274 g/mol. The zero-order valence-electron chi connectivity index (χ0n) is 10.6.